The van der Waals surface area contributed by atoms with Crippen LogP contribution in [0, 0.1) is 0 Å². The standard InChI is InChI=1S/C17H24Cl2N4O5S/c1-2-22(12-15(24)21-16-13(18)4-3-5-14(16)19)17(25)20-6-11-29(26,27)23-7-9-28-10-8-23/h3-5H,2,6-12H2,1H3,(H,20,25)(H,21,24). The first-order valence-corrected chi connectivity index (χ1v) is 11.4. The largest absolute Gasteiger partial charge is 0.379 e. The Morgan fingerprint density at radius 3 is 2.41 bits per heavy atom. The highest BCUT2D eigenvalue weighted by Crippen LogP contribution is 2.29. The summed E-state index contributed by atoms with van der Waals surface area (Å²) in [5.74, 6) is -0.699. The third-order valence-electron chi connectivity index (χ3n) is 4.23. The molecule has 1 aliphatic rings. The van der Waals surface area contributed by atoms with Crippen LogP contribution in [-0.2, 0) is 19.6 Å². The molecule has 1 saturated heterocycles. The lowest BCUT2D eigenvalue weighted by molar-refractivity contribution is -0.116. The first-order chi connectivity index (χ1) is 13.7. The third kappa shape index (κ3) is 7.00. The van der Waals surface area contributed by atoms with Crippen molar-refractivity contribution in [3.05, 3.63) is 28.2 Å². The van der Waals surface area contributed by atoms with Crippen LogP contribution in [0.25, 0.3) is 0 Å². The molecule has 1 fully saturated rings. The van der Waals surface area contributed by atoms with Gasteiger partial charge in [0.15, 0.2) is 0 Å². The lowest BCUT2D eigenvalue weighted by Crippen LogP contribution is -2.47. The number of halogens is 2. The van der Waals surface area contributed by atoms with Crippen molar-refractivity contribution in [2.24, 2.45) is 0 Å². The van der Waals surface area contributed by atoms with Gasteiger partial charge in [-0.1, -0.05) is 29.3 Å². The number of rotatable bonds is 8. The molecule has 9 nitrogen and oxygen atoms in total. The van der Waals surface area contributed by atoms with E-state index in [0.717, 1.165) is 0 Å². The normalized spacial score (nSPS) is 15.0. The Bertz CT molecular complexity index is 811. The zero-order valence-corrected chi connectivity index (χ0v) is 18.3. The molecule has 1 heterocycles. The molecule has 0 aliphatic carbocycles. The van der Waals surface area contributed by atoms with Crippen molar-refractivity contribution < 1.29 is 22.7 Å². The van der Waals surface area contributed by atoms with Crippen molar-refractivity contribution in [3.63, 3.8) is 0 Å². The molecular formula is C17H24Cl2N4O5S. The van der Waals surface area contributed by atoms with Gasteiger partial charge in [0.05, 0.1) is 34.7 Å². The molecule has 0 spiro atoms. The maximum atomic E-state index is 12.3. The second-order valence-corrected chi connectivity index (χ2v) is 9.12. The average Bonchev–Trinajstić information content (AvgIpc) is 2.69. The predicted octanol–water partition coefficient (Wildman–Crippen LogP) is 1.63. The molecule has 0 unspecified atom stereocenters. The molecule has 0 radical (unpaired) electrons. The molecule has 1 aromatic rings. The number of urea groups is 1. The molecule has 29 heavy (non-hydrogen) atoms. The predicted molar refractivity (Wildman–Crippen MR) is 112 cm³/mol. The number of morpholine rings is 1. The summed E-state index contributed by atoms with van der Waals surface area (Å²) in [6, 6.07) is 4.28. The SMILES string of the molecule is CCN(CC(=O)Nc1c(Cl)cccc1Cl)C(=O)NCCS(=O)(=O)N1CCOCC1. The van der Waals surface area contributed by atoms with Gasteiger partial charge >= 0.3 is 6.03 Å². The maximum absolute atomic E-state index is 12.3. The number of carbonyl (C=O) groups is 2. The van der Waals surface area contributed by atoms with E-state index in [1.165, 1.54) is 9.21 Å². The number of amides is 3. The Balaban J connectivity index is 1.84. The first-order valence-electron chi connectivity index (χ1n) is 9.06. The van der Waals surface area contributed by atoms with Crippen LogP contribution < -0.4 is 10.6 Å². The number of ether oxygens (including phenoxy) is 1. The number of sulfonamides is 1. The number of carbonyl (C=O) groups excluding carboxylic acids is 2. The number of hydrogen-bond donors (Lipinski definition) is 2. The number of para-hydroxylation sites is 1. The minimum absolute atomic E-state index is 0.0625. The van der Waals surface area contributed by atoms with E-state index in [0.29, 0.717) is 26.3 Å². The van der Waals surface area contributed by atoms with E-state index < -0.39 is 22.0 Å². The van der Waals surface area contributed by atoms with Crippen LogP contribution in [0.4, 0.5) is 10.5 Å². The second-order valence-electron chi connectivity index (χ2n) is 6.22. The van der Waals surface area contributed by atoms with Gasteiger partial charge in [0.2, 0.25) is 15.9 Å². The first kappa shape index (κ1) is 23.7. The topological polar surface area (TPSA) is 108 Å². The van der Waals surface area contributed by atoms with Gasteiger partial charge in [0.25, 0.3) is 0 Å². The number of nitrogens with one attached hydrogen (secondary N) is 2. The molecule has 1 aromatic carbocycles. The lowest BCUT2D eigenvalue weighted by Gasteiger charge is -2.26. The van der Waals surface area contributed by atoms with E-state index >= 15 is 0 Å². The van der Waals surface area contributed by atoms with Gasteiger partial charge in [0, 0.05) is 26.2 Å². The van der Waals surface area contributed by atoms with E-state index in [-0.39, 0.29) is 41.1 Å². The van der Waals surface area contributed by atoms with E-state index in [1.807, 2.05) is 0 Å². The number of likely N-dealkylation sites (N-methyl/N-ethyl adjacent to an activating group) is 1. The quantitative estimate of drug-likeness (QED) is 0.604. The molecule has 2 rings (SSSR count). The fraction of sp³-hybridized carbons (Fsp3) is 0.529. The van der Waals surface area contributed by atoms with Crippen molar-refractivity contribution >= 4 is 50.9 Å². The van der Waals surface area contributed by atoms with E-state index in [2.05, 4.69) is 10.6 Å². The molecular weight excluding hydrogens is 443 g/mol. The highest BCUT2D eigenvalue weighted by atomic mass is 35.5. The highest BCUT2D eigenvalue weighted by Gasteiger charge is 2.24. The minimum Gasteiger partial charge on any atom is -0.379 e. The number of hydrogen-bond acceptors (Lipinski definition) is 5. The lowest BCUT2D eigenvalue weighted by atomic mass is 10.3. The summed E-state index contributed by atoms with van der Waals surface area (Å²) in [5.41, 5.74) is 0.272. The molecule has 12 heteroatoms. The van der Waals surface area contributed by atoms with Crippen LogP contribution >= 0.6 is 23.2 Å². The van der Waals surface area contributed by atoms with Gasteiger partial charge in [-0.15, -0.1) is 0 Å². The molecule has 3 amide bonds. The Kier molecular flexibility index (Phi) is 8.97. The van der Waals surface area contributed by atoms with Gasteiger partial charge in [-0.05, 0) is 19.1 Å². The highest BCUT2D eigenvalue weighted by molar-refractivity contribution is 7.89. The van der Waals surface area contributed by atoms with Crippen molar-refractivity contribution in [2.45, 2.75) is 6.92 Å². The Morgan fingerprint density at radius 2 is 1.83 bits per heavy atom. The summed E-state index contributed by atoms with van der Waals surface area (Å²) in [4.78, 5) is 25.8. The smallest absolute Gasteiger partial charge is 0.317 e. The number of anilines is 1. The minimum atomic E-state index is -3.47. The van der Waals surface area contributed by atoms with Crippen LogP contribution in [0.15, 0.2) is 18.2 Å². The Morgan fingerprint density at radius 1 is 1.21 bits per heavy atom. The van der Waals surface area contributed by atoms with Gasteiger partial charge in [-0.25, -0.2) is 13.2 Å². The third-order valence-corrected chi connectivity index (χ3v) is 6.73. The zero-order chi connectivity index (χ0) is 21.4. The summed E-state index contributed by atoms with van der Waals surface area (Å²) in [6.45, 7) is 3.00. The average molecular weight is 467 g/mol. The summed E-state index contributed by atoms with van der Waals surface area (Å²) < 4.78 is 31.0. The van der Waals surface area contributed by atoms with Crippen LogP contribution in [0.2, 0.25) is 10.0 Å². The summed E-state index contributed by atoms with van der Waals surface area (Å²) >= 11 is 12.0. The van der Waals surface area contributed by atoms with Gasteiger partial charge in [-0.2, -0.15) is 4.31 Å². The summed E-state index contributed by atoms with van der Waals surface area (Å²) in [7, 11) is -3.47. The van der Waals surface area contributed by atoms with E-state index in [4.69, 9.17) is 27.9 Å². The van der Waals surface area contributed by atoms with Gasteiger partial charge in [0.1, 0.15) is 6.54 Å². The maximum Gasteiger partial charge on any atom is 0.317 e. The van der Waals surface area contributed by atoms with Crippen molar-refractivity contribution in [1.82, 2.24) is 14.5 Å². The molecule has 162 valence electrons. The van der Waals surface area contributed by atoms with Crippen molar-refractivity contribution in [2.75, 3.05) is 57.0 Å². The fourth-order valence-electron chi connectivity index (χ4n) is 2.65. The zero-order valence-electron chi connectivity index (χ0n) is 16.0. The van der Waals surface area contributed by atoms with Gasteiger partial charge < -0.3 is 20.3 Å². The molecule has 0 bridgehead atoms. The molecule has 0 saturated carbocycles. The molecule has 0 atom stereocenters. The van der Waals surface area contributed by atoms with Crippen LogP contribution in [0.5, 0.6) is 0 Å². The Labute approximate surface area is 180 Å². The molecule has 1 aliphatic heterocycles. The summed E-state index contributed by atoms with van der Waals surface area (Å²) in [5, 5.41) is 5.69. The van der Waals surface area contributed by atoms with E-state index in [1.54, 1.807) is 25.1 Å². The molecule has 0 aromatic heterocycles. The number of nitrogens with zero attached hydrogens (tertiary/aromatic N) is 2. The van der Waals surface area contributed by atoms with Crippen LogP contribution in [0.1, 0.15) is 6.92 Å². The van der Waals surface area contributed by atoms with Crippen molar-refractivity contribution in [1.29, 1.82) is 0 Å². The number of benzene rings is 1. The van der Waals surface area contributed by atoms with Crippen molar-refractivity contribution in [3.8, 4) is 0 Å². The van der Waals surface area contributed by atoms with Crippen LogP contribution in [-0.4, -0.2) is 81.3 Å². The van der Waals surface area contributed by atoms with Crippen LogP contribution in [0.3, 0.4) is 0 Å². The Hall–Kier alpha value is -1.59. The molecule has 2 N–H and O–H groups in total. The van der Waals surface area contributed by atoms with E-state index in [9.17, 15) is 18.0 Å². The van der Waals surface area contributed by atoms with Gasteiger partial charge in [-0.3, -0.25) is 4.79 Å². The fourth-order valence-corrected chi connectivity index (χ4v) is 4.46. The second kappa shape index (κ2) is 11.0. The summed E-state index contributed by atoms with van der Waals surface area (Å²) in [6.07, 6.45) is 0. The monoisotopic (exact) mass is 466 g/mol.